The van der Waals surface area contributed by atoms with E-state index < -0.39 is 0 Å². The zero-order valence-corrected chi connectivity index (χ0v) is 11.6. The Labute approximate surface area is 111 Å². The van der Waals surface area contributed by atoms with Crippen LogP contribution in [0.1, 0.15) is 32.8 Å². The standard InChI is InChI=1S/C15H20N2O2/c1-9(2)10(3)4-5-11-6-7-12-13(8-11)15(19)17-16-14(12)18/h6-10H,4-5H2,1-3H3,(H,16,18)(H,17,19). The van der Waals surface area contributed by atoms with Crippen LogP contribution in [0.15, 0.2) is 27.8 Å². The molecular weight excluding hydrogens is 240 g/mol. The third-order valence-corrected chi connectivity index (χ3v) is 3.89. The van der Waals surface area contributed by atoms with Crippen molar-refractivity contribution in [3.8, 4) is 0 Å². The molecule has 0 bridgehead atoms. The number of hydrogen-bond donors (Lipinski definition) is 2. The molecule has 0 saturated heterocycles. The predicted octanol–water partition coefficient (Wildman–Crippen LogP) is 2.44. The molecule has 1 atom stereocenters. The Morgan fingerprint density at radius 3 is 2.26 bits per heavy atom. The molecule has 0 amide bonds. The van der Waals surface area contributed by atoms with Crippen LogP contribution in [-0.4, -0.2) is 10.2 Å². The van der Waals surface area contributed by atoms with Crippen LogP contribution in [0.3, 0.4) is 0 Å². The lowest BCUT2D eigenvalue weighted by Crippen LogP contribution is -2.19. The summed E-state index contributed by atoms with van der Waals surface area (Å²) < 4.78 is 0. The van der Waals surface area contributed by atoms with Crippen LogP contribution < -0.4 is 11.1 Å². The van der Waals surface area contributed by atoms with Crippen LogP contribution >= 0.6 is 0 Å². The van der Waals surface area contributed by atoms with Crippen LogP contribution in [0.25, 0.3) is 10.8 Å². The second-order valence-corrected chi connectivity index (χ2v) is 5.55. The third kappa shape index (κ3) is 2.95. The van der Waals surface area contributed by atoms with Crippen LogP contribution in [0.2, 0.25) is 0 Å². The summed E-state index contributed by atoms with van der Waals surface area (Å²) in [5, 5.41) is 5.61. The second-order valence-electron chi connectivity index (χ2n) is 5.55. The highest BCUT2D eigenvalue weighted by Crippen LogP contribution is 2.18. The van der Waals surface area contributed by atoms with Gasteiger partial charge in [-0.05, 0) is 42.4 Å². The Hall–Kier alpha value is -1.84. The maximum Gasteiger partial charge on any atom is 0.270 e. The normalized spacial score (nSPS) is 13.1. The first-order valence-electron chi connectivity index (χ1n) is 6.72. The van der Waals surface area contributed by atoms with Crippen molar-refractivity contribution in [1.82, 2.24) is 10.2 Å². The number of hydrogen-bond acceptors (Lipinski definition) is 2. The van der Waals surface area contributed by atoms with E-state index in [-0.39, 0.29) is 11.1 Å². The fourth-order valence-corrected chi connectivity index (χ4v) is 2.11. The van der Waals surface area contributed by atoms with Crippen LogP contribution in [0, 0.1) is 11.8 Å². The largest absolute Gasteiger partial charge is 0.270 e. The van der Waals surface area contributed by atoms with Crippen molar-refractivity contribution in [3.63, 3.8) is 0 Å². The molecule has 2 N–H and O–H groups in total. The number of rotatable bonds is 4. The molecule has 4 nitrogen and oxygen atoms in total. The predicted molar refractivity (Wildman–Crippen MR) is 77.5 cm³/mol. The van der Waals surface area contributed by atoms with Gasteiger partial charge >= 0.3 is 0 Å². The van der Waals surface area contributed by atoms with Crippen LogP contribution in [0.4, 0.5) is 0 Å². The van der Waals surface area contributed by atoms with E-state index in [1.165, 1.54) is 0 Å². The molecule has 2 rings (SSSR count). The van der Waals surface area contributed by atoms with E-state index in [0.29, 0.717) is 22.6 Å². The number of benzene rings is 1. The van der Waals surface area contributed by atoms with Gasteiger partial charge in [-0.15, -0.1) is 0 Å². The van der Waals surface area contributed by atoms with Crippen molar-refractivity contribution in [1.29, 1.82) is 0 Å². The van der Waals surface area contributed by atoms with Gasteiger partial charge in [0.2, 0.25) is 0 Å². The molecule has 19 heavy (non-hydrogen) atoms. The van der Waals surface area contributed by atoms with Crippen molar-refractivity contribution in [2.75, 3.05) is 0 Å². The Morgan fingerprint density at radius 1 is 1.00 bits per heavy atom. The van der Waals surface area contributed by atoms with E-state index in [9.17, 15) is 9.59 Å². The molecule has 0 radical (unpaired) electrons. The number of fused-ring (bicyclic) bond motifs is 1. The Morgan fingerprint density at radius 2 is 1.63 bits per heavy atom. The minimum Gasteiger partial charge on any atom is -0.267 e. The average Bonchev–Trinajstić information content (AvgIpc) is 2.40. The van der Waals surface area contributed by atoms with Gasteiger partial charge in [0.15, 0.2) is 0 Å². The molecule has 2 aromatic rings. The monoisotopic (exact) mass is 260 g/mol. The SMILES string of the molecule is CC(C)C(C)CCc1ccc2c(=O)[nH][nH]c(=O)c2c1. The van der Waals surface area contributed by atoms with E-state index in [1.54, 1.807) is 6.07 Å². The highest BCUT2D eigenvalue weighted by molar-refractivity contribution is 5.80. The maximum absolute atomic E-state index is 11.7. The lowest BCUT2D eigenvalue weighted by molar-refractivity contribution is 0.393. The molecule has 0 aliphatic carbocycles. The first kappa shape index (κ1) is 13.6. The van der Waals surface area contributed by atoms with Gasteiger partial charge in [-0.2, -0.15) is 0 Å². The van der Waals surface area contributed by atoms with Crippen molar-refractivity contribution in [3.05, 3.63) is 44.5 Å². The first-order valence-corrected chi connectivity index (χ1v) is 6.72. The topological polar surface area (TPSA) is 65.7 Å². The van der Waals surface area contributed by atoms with Gasteiger partial charge in [-0.25, -0.2) is 0 Å². The van der Waals surface area contributed by atoms with E-state index in [0.717, 1.165) is 18.4 Å². The highest BCUT2D eigenvalue weighted by Gasteiger charge is 2.08. The Kier molecular flexibility index (Phi) is 3.88. The van der Waals surface area contributed by atoms with Crippen molar-refractivity contribution >= 4 is 10.8 Å². The average molecular weight is 260 g/mol. The second kappa shape index (κ2) is 5.43. The molecule has 0 saturated carbocycles. The van der Waals surface area contributed by atoms with Crippen molar-refractivity contribution in [2.45, 2.75) is 33.6 Å². The molecule has 0 fully saturated rings. The number of aromatic amines is 2. The summed E-state index contributed by atoms with van der Waals surface area (Å²) in [6.45, 7) is 6.67. The van der Waals surface area contributed by atoms with Crippen molar-refractivity contribution < 1.29 is 0 Å². The summed E-state index contributed by atoms with van der Waals surface area (Å²) in [5.41, 5.74) is 0.612. The van der Waals surface area contributed by atoms with E-state index in [4.69, 9.17) is 0 Å². The highest BCUT2D eigenvalue weighted by atomic mass is 16.1. The Bertz CT molecular complexity index is 682. The lowest BCUT2D eigenvalue weighted by atomic mass is 9.91. The van der Waals surface area contributed by atoms with Crippen molar-refractivity contribution in [2.24, 2.45) is 11.8 Å². The molecule has 1 aromatic heterocycles. The lowest BCUT2D eigenvalue weighted by Gasteiger charge is -2.15. The quantitative estimate of drug-likeness (QED) is 0.886. The summed E-state index contributed by atoms with van der Waals surface area (Å²) in [5.74, 6) is 1.31. The molecule has 0 aliphatic heterocycles. The van der Waals surface area contributed by atoms with Crippen LogP contribution in [-0.2, 0) is 6.42 Å². The molecule has 1 aromatic carbocycles. The maximum atomic E-state index is 11.7. The molecule has 1 unspecified atom stereocenters. The number of nitrogens with one attached hydrogen (secondary N) is 2. The summed E-state index contributed by atoms with van der Waals surface area (Å²) in [7, 11) is 0. The van der Waals surface area contributed by atoms with Gasteiger partial charge in [0, 0.05) is 0 Å². The zero-order chi connectivity index (χ0) is 14.0. The molecule has 102 valence electrons. The smallest absolute Gasteiger partial charge is 0.267 e. The van der Waals surface area contributed by atoms with Gasteiger partial charge in [0.05, 0.1) is 10.8 Å². The minimum absolute atomic E-state index is 0.242. The first-order chi connectivity index (χ1) is 8.99. The minimum atomic E-state index is -0.253. The molecule has 0 spiro atoms. The van der Waals surface area contributed by atoms with E-state index in [1.807, 2.05) is 12.1 Å². The van der Waals surface area contributed by atoms with Gasteiger partial charge in [-0.1, -0.05) is 26.8 Å². The molecular formula is C15H20N2O2. The molecule has 0 aliphatic rings. The molecule has 1 heterocycles. The van der Waals surface area contributed by atoms with E-state index in [2.05, 4.69) is 31.0 Å². The molecule has 4 heteroatoms. The van der Waals surface area contributed by atoms with Crippen LogP contribution in [0.5, 0.6) is 0 Å². The number of aryl methyl sites for hydroxylation is 1. The summed E-state index contributed by atoms with van der Waals surface area (Å²) in [4.78, 5) is 23.3. The third-order valence-electron chi connectivity index (χ3n) is 3.89. The fourth-order valence-electron chi connectivity index (χ4n) is 2.11. The van der Waals surface area contributed by atoms with Gasteiger partial charge in [0.25, 0.3) is 11.1 Å². The number of aromatic nitrogens is 2. The van der Waals surface area contributed by atoms with Gasteiger partial charge in [0.1, 0.15) is 0 Å². The number of H-pyrrole nitrogens is 2. The summed E-state index contributed by atoms with van der Waals surface area (Å²) in [6, 6.07) is 5.50. The van der Waals surface area contributed by atoms with Gasteiger partial charge < -0.3 is 0 Å². The fraction of sp³-hybridized carbons (Fsp3) is 0.467. The summed E-state index contributed by atoms with van der Waals surface area (Å²) >= 11 is 0. The Balaban J connectivity index is 2.30. The van der Waals surface area contributed by atoms with Gasteiger partial charge in [-0.3, -0.25) is 19.8 Å². The zero-order valence-electron chi connectivity index (χ0n) is 11.6. The van der Waals surface area contributed by atoms with E-state index >= 15 is 0 Å². The summed E-state index contributed by atoms with van der Waals surface area (Å²) in [6.07, 6.45) is 2.02.